The van der Waals surface area contributed by atoms with Gasteiger partial charge < -0.3 is 4.42 Å². The summed E-state index contributed by atoms with van der Waals surface area (Å²) in [6.45, 7) is 0. The molecule has 3 heteroatoms. The maximum Gasteiger partial charge on any atom is 0.198 e. The fourth-order valence-electron chi connectivity index (χ4n) is 1.92. The van der Waals surface area contributed by atoms with Crippen molar-refractivity contribution in [1.29, 1.82) is 0 Å². The second-order valence-corrected chi connectivity index (χ2v) is 4.37. The van der Waals surface area contributed by atoms with Crippen molar-refractivity contribution < 1.29 is 8.81 Å². The average molecular weight is 256 g/mol. The van der Waals surface area contributed by atoms with E-state index < -0.39 is 0 Å². The zero-order valence-corrected chi connectivity index (χ0v) is 10.2. The number of halogens is 1. The molecule has 0 spiro atoms. The number of hydrogen-bond acceptors (Lipinski definition) is 2. The summed E-state index contributed by atoms with van der Waals surface area (Å²) in [6, 6.07) is 15.9. The van der Waals surface area contributed by atoms with Gasteiger partial charge in [0.1, 0.15) is 11.6 Å². The van der Waals surface area contributed by atoms with Gasteiger partial charge in [0.25, 0.3) is 0 Å². The van der Waals surface area contributed by atoms with Crippen LogP contribution in [0, 0.1) is 10.5 Å². The van der Waals surface area contributed by atoms with Crippen LogP contribution in [-0.4, -0.2) is 0 Å². The van der Waals surface area contributed by atoms with Gasteiger partial charge >= 0.3 is 0 Å². The van der Waals surface area contributed by atoms with E-state index in [9.17, 15) is 4.39 Å². The number of fused-ring (bicyclic) bond motifs is 1. The number of rotatable bonds is 1. The van der Waals surface area contributed by atoms with Gasteiger partial charge in [-0.2, -0.15) is 0 Å². The van der Waals surface area contributed by atoms with Crippen molar-refractivity contribution in [2.75, 3.05) is 0 Å². The summed E-state index contributed by atoms with van der Waals surface area (Å²) in [5.41, 5.74) is 0.687. The van der Waals surface area contributed by atoms with Gasteiger partial charge in [-0.1, -0.05) is 30.3 Å². The van der Waals surface area contributed by atoms with Gasteiger partial charge in [0, 0.05) is 10.9 Å². The van der Waals surface area contributed by atoms with Crippen molar-refractivity contribution in [2.45, 2.75) is 0 Å². The monoisotopic (exact) mass is 256 g/mol. The highest BCUT2D eigenvalue weighted by molar-refractivity contribution is 7.71. The number of benzene rings is 2. The lowest BCUT2D eigenvalue weighted by Gasteiger charge is -2.03. The van der Waals surface area contributed by atoms with Crippen molar-refractivity contribution in [3.05, 3.63) is 65.1 Å². The zero-order valence-electron chi connectivity index (χ0n) is 9.39. The summed E-state index contributed by atoms with van der Waals surface area (Å²) in [5, 5.41) is 1.89. The molecule has 1 heterocycles. The first-order valence-corrected chi connectivity index (χ1v) is 5.94. The van der Waals surface area contributed by atoms with Gasteiger partial charge in [-0.05, 0) is 41.9 Å². The lowest BCUT2D eigenvalue weighted by atomic mass is 10.1. The highest BCUT2D eigenvalue weighted by Crippen LogP contribution is 2.26. The first-order chi connectivity index (χ1) is 8.74. The molecule has 3 aromatic rings. The SMILES string of the molecule is Fc1cccc(-c2cc3ccccc3c(=S)o2)c1. The first-order valence-electron chi connectivity index (χ1n) is 5.53. The molecule has 0 bridgehead atoms. The highest BCUT2D eigenvalue weighted by atomic mass is 32.1. The molecule has 0 aliphatic heterocycles. The van der Waals surface area contributed by atoms with Crippen LogP contribution in [0.25, 0.3) is 22.1 Å². The Kier molecular flexibility index (Phi) is 2.68. The number of hydrogen-bond donors (Lipinski definition) is 0. The van der Waals surface area contributed by atoms with Crippen LogP contribution in [-0.2, 0) is 0 Å². The van der Waals surface area contributed by atoms with E-state index in [0.29, 0.717) is 16.0 Å². The third-order valence-electron chi connectivity index (χ3n) is 2.78. The quantitative estimate of drug-likeness (QED) is 0.570. The minimum atomic E-state index is -0.290. The summed E-state index contributed by atoms with van der Waals surface area (Å²) in [4.78, 5) is 0. The van der Waals surface area contributed by atoms with Gasteiger partial charge in [-0.3, -0.25) is 0 Å². The molecule has 0 N–H and O–H groups in total. The van der Waals surface area contributed by atoms with Crippen LogP contribution in [0.1, 0.15) is 0 Å². The van der Waals surface area contributed by atoms with E-state index in [0.717, 1.165) is 10.8 Å². The molecular weight excluding hydrogens is 247 g/mol. The van der Waals surface area contributed by atoms with Crippen LogP contribution < -0.4 is 0 Å². The molecule has 0 fully saturated rings. The van der Waals surface area contributed by atoms with Crippen molar-refractivity contribution >= 4 is 23.0 Å². The third-order valence-corrected chi connectivity index (χ3v) is 3.08. The molecule has 2 aromatic carbocycles. The molecule has 0 radical (unpaired) electrons. The maximum atomic E-state index is 13.2. The smallest absolute Gasteiger partial charge is 0.198 e. The Morgan fingerprint density at radius 2 is 1.78 bits per heavy atom. The van der Waals surface area contributed by atoms with Gasteiger partial charge in [-0.25, -0.2) is 4.39 Å². The Morgan fingerprint density at radius 3 is 2.61 bits per heavy atom. The molecule has 0 atom stereocenters. The molecule has 3 rings (SSSR count). The van der Waals surface area contributed by atoms with Crippen LogP contribution in [0.3, 0.4) is 0 Å². The topological polar surface area (TPSA) is 13.1 Å². The van der Waals surface area contributed by atoms with E-state index in [2.05, 4.69) is 0 Å². The van der Waals surface area contributed by atoms with Gasteiger partial charge in [0.2, 0.25) is 0 Å². The molecule has 0 aliphatic rings. The standard InChI is InChI=1S/C15H9FOS/c16-12-6-3-5-11(8-12)14-9-10-4-1-2-7-13(10)15(18)17-14/h1-9H. The predicted octanol–water partition coefficient (Wildman–Crippen LogP) is 4.97. The van der Waals surface area contributed by atoms with Crippen LogP contribution in [0.4, 0.5) is 4.39 Å². The fraction of sp³-hybridized carbons (Fsp3) is 0. The van der Waals surface area contributed by atoms with E-state index in [1.807, 2.05) is 30.3 Å². The van der Waals surface area contributed by atoms with Crippen LogP contribution in [0.15, 0.2) is 59.0 Å². The van der Waals surface area contributed by atoms with Crippen LogP contribution >= 0.6 is 12.2 Å². The Labute approximate surface area is 108 Å². The normalized spacial score (nSPS) is 10.7. The Hall–Kier alpha value is -2.00. The van der Waals surface area contributed by atoms with E-state index in [1.165, 1.54) is 12.1 Å². The molecule has 0 amide bonds. The zero-order chi connectivity index (χ0) is 12.5. The molecule has 0 unspecified atom stereocenters. The van der Waals surface area contributed by atoms with Crippen LogP contribution in [0.2, 0.25) is 0 Å². The predicted molar refractivity (Wildman–Crippen MR) is 72.4 cm³/mol. The molecule has 0 saturated carbocycles. The molecule has 88 valence electrons. The summed E-state index contributed by atoms with van der Waals surface area (Å²) in [5.74, 6) is 0.292. The highest BCUT2D eigenvalue weighted by Gasteiger charge is 2.05. The first kappa shape index (κ1) is 11.1. The average Bonchev–Trinajstić information content (AvgIpc) is 2.39. The molecule has 1 nitrogen and oxygen atoms in total. The lowest BCUT2D eigenvalue weighted by Crippen LogP contribution is -1.82. The summed E-state index contributed by atoms with van der Waals surface area (Å²) in [7, 11) is 0. The Bertz CT molecular complexity index is 777. The second kappa shape index (κ2) is 4.35. The Balaban J connectivity index is 2.28. The molecule has 1 aromatic heterocycles. The van der Waals surface area contributed by atoms with Gasteiger partial charge in [0.05, 0.1) is 0 Å². The molecule has 0 saturated heterocycles. The van der Waals surface area contributed by atoms with Crippen molar-refractivity contribution in [3.63, 3.8) is 0 Å². The Morgan fingerprint density at radius 1 is 0.944 bits per heavy atom. The summed E-state index contributed by atoms with van der Waals surface area (Å²) in [6.07, 6.45) is 0. The largest absolute Gasteiger partial charge is 0.445 e. The van der Waals surface area contributed by atoms with E-state index >= 15 is 0 Å². The van der Waals surface area contributed by atoms with E-state index in [1.54, 1.807) is 12.1 Å². The van der Waals surface area contributed by atoms with E-state index in [4.69, 9.17) is 16.6 Å². The van der Waals surface area contributed by atoms with Gasteiger partial charge in [0.15, 0.2) is 4.71 Å². The maximum absolute atomic E-state index is 13.2. The molecule has 0 aliphatic carbocycles. The summed E-state index contributed by atoms with van der Waals surface area (Å²) >= 11 is 5.21. The minimum Gasteiger partial charge on any atom is -0.445 e. The van der Waals surface area contributed by atoms with Crippen molar-refractivity contribution in [1.82, 2.24) is 0 Å². The lowest BCUT2D eigenvalue weighted by molar-refractivity contribution is 0.556. The third kappa shape index (κ3) is 1.93. The van der Waals surface area contributed by atoms with E-state index in [-0.39, 0.29) is 5.82 Å². The molecular formula is C15H9FOS. The minimum absolute atomic E-state index is 0.290. The van der Waals surface area contributed by atoms with Crippen LogP contribution in [0.5, 0.6) is 0 Å². The fourth-order valence-corrected chi connectivity index (χ4v) is 2.19. The van der Waals surface area contributed by atoms with Crippen molar-refractivity contribution in [3.8, 4) is 11.3 Å². The summed E-state index contributed by atoms with van der Waals surface area (Å²) < 4.78 is 19.2. The van der Waals surface area contributed by atoms with Crippen molar-refractivity contribution in [2.24, 2.45) is 0 Å². The molecule has 18 heavy (non-hydrogen) atoms. The van der Waals surface area contributed by atoms with Gasteiger partial charge in [-0.15, -0.1) is 0 Å². The second-order valence-electron chi connectivity index (χ2n) is 4.00.